The number of benzene rings is 1. The van der Waals surface area contributed by atoms with Crippen LogP contribution < -0.4 is 5.32 Å². The van der Waals surface area contributed by atoms with E-state index in [-0.39, 0.29) is 5.75 Å². The molecule has 0 heterocycles. The molecule has 1 aromatic carbocycles. The lowest BCUT2D eigenvalue weighted by Gasteiger charge is -2.08. The minimum absolute atomic E-state index is 0.148. The average Bonchev–Trinajstić information content (AvgIpc) is 2.27. The molecule has 0 aliphatic heterocycles. The Morgan fingerprint density at radius 3 is 2.69 bits per heavy atom. The second-order valence-electron chi connectivity index (χ2n) is 3.63. The van der Waals surface area contributed by atoms with Crippen molar-refractivity contribution in [2.45, 2.75) is 13.3 Å². The number of hydrogen-bond donors (Lipinski definition) is 1. The van der Waals surface area contributed by atoms with E-state index < -0.39 is 9.84 Å². The highest BCUT2D eigenvalue weighted by molar-refractivity contribution is 7.94. The molecule has 1 rings (SSSR count). The summed E-state index contributed by atoms with van der Waals surface area (Å²) in [5.74, 6) is 0.148. The molecule has 0 unspecified atom stereocenters. The van der Waals surface area contributed by atoms with Crippen LogP contribution in [0.1, 0.15) is 12.0 Å². The summed E-state index contributed by atoms with van der Waals surface area (Å²) in [7, 11) is -3.06. The summed E-state index contributed by atoms with van der Waals surface area (Å²) in [6, 6.07) is 7.93. The molecule has 0 bridgehead atoms. The molecule has 0 aromatic heterocycles. The quantitative estimate of drug-likeness (QED) is 0.775. The molecule has 0 spiro atoms. The fourth-order valence-corrected chi connectivity index (χ4v) is 2.06. The molecule has 0 aliphatic rings. The minimum atomic E-state index is -3.06. The third-order valence-corrected chi connectivity index (χ3v) is 3.69. The number of rotatable bonds is 6. The van der Waals surface area contributed by atoms with Gasteiger partial charge in [-0.2, -0.15) is 0 Å². The first kappa shape index (κ1) is 12.8. The third kappa shape index (κ3) is 4.06. The number of sulfone groups is 1. The van der Waals surface area contributed by atoms with Crippen LogP contribution >= 0.6 is 0 Å². The zero-order chi connectivity index (χ0) is 12.0. The van der Waals surface area contributed by atoms with Crippen molar-refractivity contribution in [1.29, 1.82) is 0 Å². The summed E-state index contributed by atoms with van der Waals surface area (Å²) < 4.78 is 22.3. The highest BCUT2D eigenvalue weighted by Gasteiger charge is 2.03. The SMILES string of the molecule is C=CS(=O)(=O)CCCNc1ccccc1C. The first-order chi connectivity index (χ1) is 7.55. The molecule has 0 fully saturated rings. The predicted molar refractivity (Wildman–Crippen MR) is 68.3 cm³/mol. The Balaban J connectivity index is 2.37. The maximum absolute atomic E-state index is 11.1. The van der Waals surface area contributed by atoms with Crippen LogP contribution in [0.3, 0.4) is 0 Å². The lowest BCUT2D eigenvalue weighted by molar-refractivity contribution is 0.602. The van der Waals surface area contributed by atoms with Gasteiger partial charge in [0, 0.05) is 17.6 Å². The second-order valence-corrected chi connectivity index (χ2v) is 5.70. The Morgan fingerprint density at radius 2 is 2.06 bits per heavy atom. The van der Waals surface area contributed by atoms with Crippen LogP contribution in [0.15, 0.2) is 36.3 Å². The van der Waals surface area contributed by atoms with Crippen molar-refractivity contribution in [3.05, 3.63) is 41.8 Å². The van der Waals surface area contributed by atoms with Gasteiger partial charge in [0.2, 0.25) is 0 Å². The molecule has 0 saturated carbocycles. The van der Waals surface area contributed by atoms with Crippen LogP contribution in [-0.2, 0) is 9.84 Å². The van der Waals surface area contributed by atoms with Gasteiger partial charge in [0.25, 0.3) is 0 Å². The van der Waals surface area contributed by atoms with Gasteiger partial charge in [-0.25, -0.2) is 8.42 Å². The van der Waals surface area contributed by atoms with Gasteiger partial charge in [-0.1, -0.05) is 24.8 Å². The van der Waals surface area contributed by atoms with E-state index in [0.29, 0.717) is 13.0 Å². The van der Waals surface area contributed by atoms with Crippen molar-refractivity contribution in [3.8, 4) is 0 Å². The molecule has 16 heavy (non-hydrogen) atoms. The first-order valence-corrected chi connectivity index (χ1v) is 6.91. The molecule has 0 radical (unpaired) electrons. The molecule has 1 aromatic rings. The standard InChI is InChI=1S/C12H17NO2S/c1-3-16(14,15)10-6-9-13-12-8-5-4-7-11(12)2/h3-5,7-8,13H,1,6,9-10H2,2H3. The number of anilines is 1. The largest absolute Gasteiger partial charge is 0.385 e. The van der Waals surface area contributed by atoms with Crippen LogP contribution in [0, 0.1) is 6.92 Å². The Kier molecular flexibility index (Phi) is 4.55. The van der Waals surface area contributed by atoms with Gasteiger partial charge in [-0.3, -0.25) is 0 Å². The van der Waals surface area contributed by atoms with Crippen LogP contribution in [0.4, 0.5) is 5.69 Å². The zero-order valence-corrected chi connectivity index (χ0v) is 10.3. The molecule has 0 atom stereocenters. The lowest BCUT2D eigenvalue weighted by Crippen LogP contribution is -2.09. The summed E-state index contributed by atoms with van der Waals surface area (Å²) in [5.41, 5.74) is 2.22. The Labute approximate surface area is 97.1 Å². The highest BCUT2D eigenvalue weighted by Crippen LogP contribution is 2.12. The summed E-state index contributed by atoms with van der Waals surface area (Å²) in [6.07, 6.45) is 0.586. The summed E-state index contributed by atoms with van der Waals surface area (Å²) in [5, 5.41) is 4.23. The van der Waals surface area contributed by atoms with E-state index in [2.05, 4.69) is 11.9 Å². The van der Waals surface area contributed by atoms with E-state index in [9.17, 15) is 8.42 Å². The van der Waals surface area contributed by atoms with E-state index in [4.69, 9.17) is 0 Å². The maximum Gasteiger partial charge on any atom is 0.171 e. The van der Waals surface area contributed by atoms with Crippen LogP contribution in [0.2, 0.25) is 0 Å². The fraction of sp³-hybridized carbons (Fsp3) is 0.333. The smallest absolute Gasteiger partial charge is 0.171 e. The van der Waals surface area contributed by atoms with Gasteiger partial charge >= 0.3 is 0 Å². The van der Waals surface area contributed by atoms with Crippen molar-refractivity contribution in [2.24, 2.45) is 0 Å². The molecular weight excluding hydrogens is 222 g/mol. The normalized spacial score (nSPS) is 11.1. The predicted octanol–water partition coefficient (Wildman–Crippen LogP) is 2.36. The zero-order valence-electron chi connectivity index (χ0n) is 9.44. The molecule has 1 N–H and O–H groups in total. The fourth-order valence-electron chi connectivity index (χ4n) is 1.35. The summed E-state index contributed by atoms with van der Waals surface area (Å²) >= 11 is 0. The second kappa shape index (κ2) is 5.70. The van der Waals surface area contributed by atoms with Crippen molar-refractivity contribution in [1.82, 2.24) is 0 Å². The number of hydrogen-bond acceptors (Lipinski definition) is 3. The van der Waals surface area contributed by atoms with E-state index in [1.165, 1.54) is 0 Å². The van der Waals surface area contributed by atoms with E-state index in [1.807, 2.05) is 31.2 Å². The average molecular weight is 239 g/mol. The van der Waals surface area contributed by atoms with Crippen molar-refractivity contribution in [2.75, 3.05) is 17.6 Å². The Morgan fingerprint density at radius 1 is 1.38 bits per heavy atom. The molecule has 88 valence electrons. The molecule has 3 nitrogen and oxygen atoms in total. The maximum atomic E-state index is 11.1. The Bertz CT molecular complexity index is 452. The van der Waals surface area contributed by atoms with Crippen molar-refractivity contribution < 1.29 is 8.42 Å². The highest BCUT2D eigenvalue weighted by atomic mass is 32.2. The number of para-hydroxylation sites is 1. The van der Waals surface area contributed by atoms with E-state index in [0.717, 1.165) is 16.7 Å². The topological polar surface area (TPSA) is 46.2 Å². The van der Waals surface area contributed by atoms with Gasteiger partial charge in [0.15, 0.2) is 9.84 Å². The van der Waals surface area contributed by atoms with Crippen LogP contribution in [0.25, 0.3) is 0 Å². The molecule has 4 heteroatoms. The minimum Gasteiger partial charge on any atom is -0.385 e. The third-order valence-electron chi connectivity index (χ3n) is 2.32. The van der Waals surface area contributed by atoms with Gasteiger partial charge < -0.3 is 5.32 Å². The van der Waals surface area contributed by atoms with Crippen LogP contribution in [0.5, 0.6) is 0 Å². The molecule has 0 amide bonds. The molecule has 0 saturated heterocycles. The monoisotopic (exact) mass is 239 g/mol. The number of nitrogens with one attached hydrogen (secondary N) is 1. The number of aryl methyl sites for hydroxylation is 1. The molecular formula is C12H17NO2S. The first-order valence-electron chi connectivity index (χ1n) is 5.20. The summed E-state index contributed by atoms with van der Waals surface area (Å²) in [4.78, 5) is 0. The van der Waals surface area contributed by atoms with Gasteiger partial charge in [-0.15, -0.1) is 0 Å². The van der Waals surface area contributed by atoms with Crippen molar-refractivity contribution in [3.63, 3.8) is 0 Å². The van der Waals surface area contributed by atoms with E-state index in [1.54, 1.807) is 0 Å². The van der Waals surface area contributed by atoms with E-state index >= 15 is 0 Å². The molecule has 0 aliphatic carbocycles. The van der Waals surface area contributed by atoms with Gasteiger partial charge in [0.1, 0.15) is 0 Å². The lowest BCUT2D eigenvalue weighted by atomic mass is 10.2. The Hall–Kier alpha value is -1.29. The van der Waals surface area contributed by atoms with Gasteiger partial charge in [0.05, 0.1) is 5.75 Å². The summed E-state index contributed by atoms with van der Waals surface area (Å²) in [6.45, 7) is 5.94. The van der Waals surface area contributed by atoms with Crippen LogP contribution in [-0.4, -0.2) is 20.7 Å². The van der Waals surface area contributed by atoms with Gasteiger partial charge in [-0.05, 0) is 25.0 Å². The van der Waals surface area contributed by atoms with Crippen molar-refractivity contribution >= 4 is 15.5 Å².